The summed E-state index contributed by atoms with van der Waals surface area (Å²) in [7, 11) is 0. The summed E-state index contributed by atoms with van der Waals surface area (Å²) in [5.74, 6) is -0.562. The molecule has 2 aliphatic heterocycles. The SMILES string of the molecule is NC(=O)c1ccc(OCC(=O)CC2CCN(Cc3ccc(Br)cc3)CC2)cc1.NC(=O)c1ccc(OCC(=O)O)cc1.NC1CCN(Cc2ccc(Br)cc2)CC1. The quantitative estimate of drug-likeness (QED) is 0.110. The second-order valence-electron chi connectivity index (χ2n) is 14.1. The lowest BCUT2D eigenvalue weighted by atomic mass is 9.91. The highest BCUT2D eigenvalue weighted by molar-refractivity contribution is 9.10. The van der Waals surface area contributed by atoms with Gasteiger partial charge in [0.05, 0.1) is 0 Å². The van der Waals surface area contributed by atoms with E-state index >= 15 is 0 Å². The third kappa shape index (κ3) is 17.2. The molecule has 0 aliphatic carbocycles. The first-order chi connectivity index (χ1) is 27.3. The lowest BCUT2D eigenvalue weighted by molar-refractivity contribution is -0.139. The lowest BCUT2D eigenvalue weighted by Crippen LogP contribution is -2.39. The summed E-state index contributed by atoms with van der Waals surface area (Å²) in [6.45, 7) is 5.98. The van der Waals surface area contributed by atoms with Crippen molar-refractivity contribution in [2.24, 2.45) is 23.1 Å². The number of primary amides is 2. The van der Waals surface area contributed by atoms with Crippen molar-refractivity contribution in [1.29, 1.82) is 0 Å². The standard InChI is InChI=1S/C22H25BrN2O3.C12H17BrN2.C9H9NO4/c23-19-5-1-17(2-6-19)14-25-11-9-16(10-12-25)13-20(26)15-28-21-7-3-18(4-8-21)22(24)27;13-11-3-1-10(2-4-11)9-15-7-5-12(14)6-8-15;10-9(13)6-1-3-7(4-2-6)14-5-8(11)12/h1-8,16H,9-15H2,(H2,24,27);1-4,12H,5-9,14H2;1-4H,5H2,(H2,10,13)(H,11,12). The molecule has 0 saturated carbocycles. The molecule has 0 radical (unpaired) electrons. The van der Waals surface area contributed by atoms with Crippen LogP contribution in [-0.4, -0.2) is 83.9 Å². The molecule has 12 nitrogen and oxygen atoms in total. The van der Waals surface area contributed by atoms with Gasteiger partial charge >= 0.3 is 5.97 Å². The molecule has 2 saturated heterocycles. The van der Waals surface area contributed by atoms with Crippen molar-refractivity contribution < 1.29 is 33.8 Å². The van der Waals surface area contributed by atoms with Gasteiger partial charge in [-0.3, -0.25) is 24.2 Å². The molecule has 6 rings (SSSR count). The molecule has 304 valence electrons. The van der Waals surface area contributed by atoms with Crippen LogP contribution in [0.2, 0.25) is 0 Å². The van der Waals surface area contributed by atoms with Gasteiger partial charge in [-0.05, 0) is 142 Å². The molecular weight excluding hydrogens is 858 g/mol. The van der Waals surface area contributed by atoms with Gasteiger partial charge in [-0.25, -0.2) is 4.79 Å². The number of amides is 2. The van der Waals surface area contributed by atoms with E-state index in [9.17, 15) is 19.2 Å². The normalized spacial score (nSPS) is 14.9. The van der Waals surface area contributed by atoms with E-state index in [2.05, 4.69) is 90.2 Å². The summed E-state index contributed by atoms with van der Waals surface area (Å²) in [5.41, 5.74) is 19.6. The van der Waals surface area contributed by atoms with Gasteiger partial charge in [0.2, 0.25) is 11.8 Å². The fourth-order valence-electron chi connectivity index (χ4n) is 6.28. The zero-order valence-corrected chi connectivity index (χ0v) is 35.0. The molecule has 2 heterocycles. The van der Waals surface area contributed by atoms with Gasteiger partial charge in [-0.1, -0.05) is 56.1 Å². The van der Waals surface area contributed by atoms with E-state index in [1.807, 2.05) is 0 Å². The Morgan fingerprint density at radius 2 is 0.982 bits per heavy atom. The fraction of sp³-hybridized carbons (Fsp3) is 0.349. The Labute approximate surface area is 350 Å². The Kier molecular flexibility index (Phi) is 18.7. The van der Waals surface area contributed by atoms with E-state index < -0.39 is 24.4 Å². The highest BCUT2D eigenvalue weighted by atomic mass is 79.9. The molecule has 4 aromatic rings. The van der Waals surface area contributed by atoms with E-state index in [0.717, 1.165) is 73.9 Å². The Hall–Kier alpha value is -4.60. The minimum Gasteiger partial charge on any atom is -0.486 e. The van der Waals surface area contributed by atoms with Crippen molar-refractivity contribution >= 4 is 55.4 Å². The summed E-state index contributed by atoms with van der Waals surface area (Å²) in [6, 6.07) is 29.9. The number of benzene rings is 4. The number of carbonyl (C=O) groups is 4. The Bertz CT molecular complexity index is 1860. The average molecular weight is 910 g/mol. The third-order valence-electron chi connectivity index (χ3n) is 9.53. The van der Waals surface area contributed by atoms with E-state index in [-0.39, 0.29) is 12.4 Å². The topological polar surface area (TPSA) is 192 Å². The van der Waals surface area contributed by atoms with Gasteiger partial charge in [0.1, 0.15) is 18.1 Å². The van der Waals surface area contributed by atoms with Crippen molar-refractivity contribution in [3.05, 3.63) is 128 Å². The number of hydrogen-bond donors (Lipinski definition) is 4. The average Bonchev–Trinajstić information content (AvgIpc) is 3.20. The van der Waals surface area contributed by atoms with Gasteiger partial charge in [0.15, 0.2) is 12.4 Å². The summed E-state index contributed by atoms with van der Waals surface area (Å²) in [4.78, 5) is 49.0. The predicted octanol–water partition coefficient (Wildman–Crippen LogP) is 6.42. The molecule has 7 N–H and O–H groups in total. The number of piperidine rings is 2. The van der Waals surface area contributed by atoms with Gasteiger partial charge < -0.3 is 31.8 Å². The van der Waals surface area contributed by atoms with Crippen LogP contribution in [-0.2, 0) is 22.7 Å². The molecule has 2 amide bonds. The van der Waals surface area contributed by atoms with E-state index in [4.69, 9.17) is 31.8 Å². The molecule has 4 aromatic carbocycles. The van der Waals surface area contributed by atoms with Crippen LogP contribution in [0.15, 0.2) is 106 Å². The number of hydrogen-bond acceptors (Lipinski definition) is 9. The summed E-state index contributed by atoms with van der Waals surface area (Å²) < 4.78 is 12.6. The first-order valence-corrected chi connectivity index (χ1v) is 20.4. The number of carbonyl (C=O) groups excluding carboxylic acids is 3. The number of Topliss-reactive ketones (excluding diaryl/α,β-unsaturated/α-hetero) is 1. The molecular formula is C43H51Br2N5O7. The minimum absolute atomic E-state index is 0.0645. The number of aliphatic carboxylic acids is 1. The number of halogens is 2. The largest absolute Gasteiger partial charge is 0.486 e. The third-order valence-corrected chi connectivity index (χ3v) is 10.6. The van der Waals surface area contributed by atoms with Crippen LogP contribution in [0.4, 0.5) is 0 Å². The van der Waals surface area contributed by atoms with E-state index in [1.165, 1.54) is 35.4 Å². The maximum absolute atomic E-state index is 12.2. The van der Waals surface area contributed by atoms with Crippen LogP contribution in [0.25, 0.3) is 0 Å². The minimum atomic E-state index is -1.05. The molecule has 0 bridgehead atoms. The summed E-state index contributed by atoms with van der Waals surface area (Å²) in [5, 5.41) is 8.32. The predicted molar refractivity (Wildman–Crippen MR) is 227 cm³/mol. The first kappa shape index (κ1) is 45.1. The van der Waals surface area contributed by atoms with Crippen molar-refractivity contribution in [2.75, 3.05) is 39.4 Å². The monoisotopic (exact) mass is 907 g/mol. The molecule has 0 unspecified atom stereocenters. The molecule has 0 atom stereocenters. The summed E-state index contributed by atoms with van der Waals surface area (Å²) in [6.07, 6.45) is 4.91. The highest BCUT2D eigenvalue weighted by Crippen LogP contribution is 2.23. The Morgan fingerprint density at radius 1 is 0.596 bits per heavy atom. The number of nitrogens with zero attached hydrogens (tertiary/aromatic N) is 2. The number of ether oxygens (including phenoxy) is 2. The molecule has 2 aliphatic rings. The zero-order valence-electron chi connectivity index (χ0n) is 31.9. The number of nitrogens with two attached hydrogens (primary N) is 3. The van der Waals surface area contributed by atoms with Crippen LogP contribution in [0.1, 0.15) is 63.9 Å². The molecule has 2 fully saturated rings. The lowest BCUT2D eigenvalue weighted by Gasteiger charge is -2.31. The van der Waals surface area contributed by atoms with Crippen molar-refractivity contribution in [3.8, 4) is 11.5 Å². The second kappa shape index (κ2) is 23.6. The van der Waals surface area contributed by atoms with Crippen molar-refractivity contribution in [1.82, 2.24) is 9.80 Å². The number of likely N-dealkylation sites (tertiary alicyclic amines) is 2. The maximum Gasteiger partial charge on any atom is 0.341 e. The highest BCUT2D eigenvalue weighted by Gasteiger charge is 2.22. The van der Waals surface area contributed by atoms with Crippen LogP contribution >= 0.6 is 31.9 Å². The van der Waals surface area contributed by atoms with E-state index in [0.29, 0.717) is 41.0 Å². The van der Waals surface area contributed by atoms with Gasteiger partial charge in [-0.2, -0.15) is 0 Å². The smallest absolute Gasteiger partial charge is 0.341 e. The number of ketones is 1. The zero-order chi connectivity index (χ0) is 41.2. The van der Waals surface area contributed by atoms with Crippen molar-refractivity contribution in [3.63, 3.8) is 0 Å². The van der Waals surface area contributed by atoms with Gasteiger partial charge in [0, 0.05) is 45.6 Å². The fourth-order valence-corrected chi connectivity index (χ4v) is 6.81. The maximum atomic E-state index is 12.2. The van der Waals surface area contributed by atoms with Crippen LogP contribution in [0.5, 0.6) is 11.5 Å². The van der Waals surface area contributed by atoms with Crippen LogP contribution < -0.4 is 26.7 Å². The molecule has 57 heavy (non-hydrogen) atoms. The number of rotatable bonds is 14. The van der Waals surface area contributed by atoms with Crippen molar-refractivity contribution in [2.45, 2.75) is 51.2 Å². The first-order valence-electron chi connectivity index (χ1n) is 18.8. The molecule has 14 heteroatoms. The van der Waals surface area contributed by atoms with Gasteiger partial charge in [0.25, 0.3) is 0 Å². The Balaban J connectivity index is 0.000000209. The summed E-state index contributed by atoms with van der Waals surface area (Å²) >= 11 is 6.91. The number of carboxylic acid groups (broad SMARTS) is 1. The van der Waals surface area contributed by atoms with Crippen LogP contribution in [0.3, 0.4) is 0 Å². The molecule has 0 spiro atoms. The second-order valence-corrected chi connectivity index (χ2v) is 15.9. The van der Waals surface area contributed by atoms with E-state index in [1.54, 1.807) is 24.3 Å². The van der Waals surface area contributed by atoms with Gasteiger partial charge in [-0.15, -0.1) is 0 Å². The molecule has 0 aromatic heterocycles. The Morgan fingerprint density at radius 3 is 1.37 bits per heavy atom. The van der Waals surface area contributed by atoms with Crippen LogP contribution in [0, 0.1) is 5.92 Å². The number of carboxylic acids is 1.